The standard InChI is InChI=1S/C9H13N3O3S2/c1-10-7(13)8-11-12-9(16-8)17(14,15)6-4-2-3-5-6/h6H,2-5H2,1H3,(H,10,13). The number of amides is 1. The van der Waals surface area contributed by atoms with E-state index in [1.807, 2.05) is 0 Å². The maximum absolute atomic E-state index is 12.1. The number of carbonyl (C=O) groups excluding carboxylic acids is 1. The van der Waals surface area contributed by atoms with Gasteiger partial charge in [0.1, 0.15) is 0 Å². The second-order valence-corrected chi connectivity index (χ2v) is 7.28. The molecular formula is C9H13N3O3S2. The summed E-state index contributed by atoms with van der Waals surface area (Å²) >= 11 is 0.837. The summed E-state index contributed by atoms with van der Waals surface area (Å²) in [7, 11) is -1.93. The Morgan fingerprint density at radius 2 is 2.00 bits per heavy atom. The summed E-state index contributed by atoms with van der Waals surface area (Å²) in [4.78, 5) is 11.3. The minimum absolute atomic E-state index is 0.0389. The van der Waals surface area contributed by atoms with Crippen molar-refractivity contribution < 1.29 is 13.2 Å². The van der Waals surface area contributed by atoms with Crippen molar-refractivity contribution in [3.05, 3.63) is 5.01 Å². The van der Waals surface area contributed by atoms with Gasteiger partial charge in [-0.2, -0.15) is 0 Å². The van der Waals surface area contributed by atoms with Crippen LogP contribution in [0.3, 0.4) is 0 Å². The first kappa shape index (κ1) is 12.4. The maximum atomic E-state index is 12.1. The lowest BCUT2D eigenvalue weighted by atomic mass is 10.4. The molecule has 1 N–H and O–H groups in total. The van der Waals surface area contributed by atoms with E-state index in [9.17, 15) is 13.2 Å². The Hall–Kier alpha value is -1.02. The Morgan fingerprint density at radius 1 is 1.35 bits per heavy atom. The molecule has 1 aromatic heterocycles. The van der Waals surface area contributed by atoms with E-state index in [1.54, 1.807) is 0 Å². The summed E-state index contributed by atoms with van der Waals surface area (Å²) in [6, 6.07) is 0. The zero-order chi connectivity index (χ0) is 12.5. The van der Waals surface area contributed by atoms with Crippen molar-refractivity contribution >= 4 is 27.1 Å². The van der Waals surface area contributed by atoms with E-state index >= 15 is 0 Å². The first-order chi connectivity index (χ1) is 8.05. The van der Waals surface area contributed by atoms with Crippen LogP contribution in [0.25, 0.3) is 0 Å². The summed E-state index contributed by atoms with van der Waals surface area (Å²) in [6.45, 7) is 0. The molecule has 2 rings (SSSR count). The van der Waals surface area contributed by atoms with Crippen LogP contribution in [0.5, 0.6) is 0 Å². The molecule has 1 saturated carbocycles. The maximum Gasteiger partial charge on any atom is 0.282 e. The van der Waals surface area contributed by atoms with Gasteiger partial charge in [-0.1, -0.05) is 24.2 Å². The molecule has 6 nitrogen and oxygen atoms in total. The number of aromatic nitrogens is 2. The van der Waals surface area contributed by atoms with Crippen LogP contribution in [0.15, 0.2) is 4.34 Å². The Bertz CT molecular complexity index is 517. The molecule has 1 aliphatic rings. The van der Waals surface area contributed by atoms with Crippen LogP contribution < -0.4 is 5.32 Å². The molecule has 0 aliphatic heterocycles. The van der Waals surface area contributed by atoms with Crippen LogP contribution in [0, 0.1) is 0 Å². The highest BCUT2D eigenvalue weighted by molar-refractivity contribution is 7.93. The highest BCUT2D eigenvalue weighted by atomic mass is 32.2. The largest absolute Gasteiger partial charge is 0.353 e. The third kappa shape index (κ3) is 2.32. The predicted molar refractivity (Wildman–Crippen MR) is 62.7 cm³/mol. The van der Waals surface area contributed by atoms with E-state index in [2.05, 4.69) is 15.5 Å². The number of rotatable bonds is 3. The molecule has 0 radical (unpaired) electrons. The molecular weight excluding hydrogens is 262 g/mol. The van der Waals surface area contributed by atoms with Gasteiger partial charge in [0.15, 0.2) is 0 Å². The van der Waals surface area contributed by atoms with Crippen molar-refractivity contribution in [3.8, 4) is 0 Å². The summed E-state index contributed by atoms with van der Waals surface area (Å²) < 4.78 is 24.2. The van der Waals surface area contributed by atoms with Crippen LogP contribution >= 0.6 is 11.3 Å². The Kier molecular flexibility index (Phi) is 3.43. The molecule has 1 aliphatic carbocycles. The number of nitrogens with zero attached hydrogens (tertiary/aromatic N) is 2. The van der Waals surface area contributed by atoms with E-state index in [0.29, 0.717) is 12.8 Å². The van der Waals surface area contributed by atoms with Crippen molar-refractivity contribution in [3.63, 3.8) is 0 Å². The van der Waals surface area contributed by atoms with Crippen LogP contribution in [0.2, 0.25) is 0 Å². The smallest absolute Gasteiger partial charge is 0.282 e. The fourth-order valence-corrected chi connectivity index (χ4v) is 4.89. The molecule has 0 bridgehead atoms. The Labute approximate surface area is 103 Å². The van der Waals surface area contributed by atoms with Crippen molar-refractivity contribution in [1.82, 2.24) is 15.5 Å². The van der Waals surface area contributed by atoms with Gasteiger partial charge in [-0.05, 0) is 12.8 Å². The molecule has 8 heteroatoms. The number of hydrogen-bond donors (Lipinski definition) is 1. The Balaban J connectivity index is 2.27. The fraction of sp³-hybridized carbons (Fsp3) is 0.667. The zero-order valence-electron chi connectivity index (χ0n) is 9.34. The lowest BCUT2D eigenvalue weighted by molar-refractivity contribution is 0.0962. The SMILES string of the molecule is CNC(=O)c1nnc(S(=O)(=O)C2CCCC2)s1. The quantitative estimate of drug-likeness (QED) is 0.873. The second-order valence-electron chi connectivity index (χ2n) is 3.90. The average Bonchev–Trinajstić information content (AvgIpc) is 2.98. The minimum atomic E-state index is -3.39. The number of sulfone groups is 1. The predicted octanol–water partition coefficient (Wildman–Crippen LogP) is 0.614. The molecule has 1 fully saturated rings. The zero-order valence-corrected chi connectivity index (χ0v) is 11.0. The molecule has 1 amide bonds. The van der Waals surface area contributed by atoms with Gasteiger partial charge in [0.2, 0.25) is 19.2 Å². The topological polar surface area (TPSA) is 89.0 Å². The van der Waals surface area contributed by atoms with Gasteiger partial charge in [0, 0.05) is 7.05 Å². The summed E-state index contributed by atoms with van der Waals surface area (Å²) in [5.74, 6) is -0.407. The van der Waals surface area contributed by atoms with E-state index in [0.717, 1.165) is 24.2 Å². The van der Waals surface area contributed by atoms with Crippen molar-refractivity contribution in [1.29, 1.82) is 0 Å². The van der Waals surface area contributed by atoms with E-state index in [-0.39, 0.29) is 14.6 Å². The van der Waals surface area contributed by atoms with Gasteiger partial charge in [0.05, 0.1) is 5.25 Å². The molecule has 94 valence electrons. The minimum Gasteiger partial charge on any atom is -0.353 e. The molecule has 17 heavy (non-hydrogen) atoms. The lowest BCUT2D eigenvalue weighted by Crippen LogP contribution is -2.17. The van der Waals surface area contributed by atoms with Gasteiger partial charge in [-0.15, -0.1) is 10.2 Å². The third-order valence-corrected chi connectivity index (χ3v) is 6.39. The highest BCUT2D eigenvalue weighted by Crippen LogP contribution is 2.30. The van der Waals surface area contributed by atoms with Crippen molar-refractivity contribution in [2.45, 2.75) is 35.3 Å². The highest BCUT2D eigenvalue weighted by Gasteiger charge is 2.33. The van der Waals surface area contributed by atoms with E-state index in [1.165, 1.54) is 7.05 Å². The van der Waals surface area contributed by atoms with Gasteiger partial charge < -0.3 is 5.32 Å². The third-order valence-electron chi connectivity index (χ3n) is 2.81. The normalized spacial score (nSPS) is 17.2. The van der Waals surface area contributed by atoms with Crippen LogP contribution in [-0.2, 0) is 9.84 Å². The number of nitrogens with one attached hydrogen (secondary N) is 1. The second kappa shape index (κ2) is 4.69. The molecule has 0 atom stereocenters. The monoisotopic (exact) mass is 275 g/mol. The number of hydrogen-bond acceptors (Lipinski definition) is 6. The van der Waals surface area contributed by atoms with E-state index in [4.69, 9.17) is 0 Å². The summed E-state index contributed by atoms with van der Waals surface area (Å²) in [5, 5.41) is 9.35. The van der Waals surface area contributed by atoms with Crippen LogP contribution in [-0.4, -0.2) is 36.8 Å². The fourth-order valence-electron chi connectivity index (χ4n) is 1.86. The van der Waals surface area contributed by atoms with Gasteiger partial charge in [-0.3, -0.25) is 4.79 Å². The molecule has 1 aromatic rings. The molecule has 0 unspecified atom stereocenters. The van der Waals surface area contributed by atoms with Crippen molar-refractivity contribution in [2.75, 3.05) is 7.05 Å². The van der Waals surface area contributed by atoms with Crippen LogP contribution in [0.1, 0.15) is 35.5 Å². The first-order valence-electron chi connectivity index (χ1n) is 5.35. The summed E-state index contributed by atoms with van der Waals surface area (Å²) in [5.41, 5.74) is 0. The first-order valence-corrected chi connectivity index (χ1v) is 7.71. The lowest BCUT2D eigenvalue weighted by Gasteiger charge is -2.06. The van der Waals surface area contributed by atoms with Gasteiger partial charge in [0.25, 0.3) is 5.91 Å². The average molecular weight is 275 g/mol. The van der Waals surface area contributed by atoms with Crippen molar-refractivity contribution in [2.24, 2.45) is 0 Å². The summed E-state index contributed by atoms with van der Waals surface area (Å²) in [6.07, 6.45) is 3.23. The molecule has 0 aromatic carbocycles. The van der Waals surface area contributed by atoms with Gasteiger partial charge >= 0.3 is 0 Å². The number of carbonyl (C=O) groups is 1. The Morgan fingerprint density at radius 3 is 2.59 bits per heavy atom. The van der Waals surface area contributed by atoms with Crippen LogP contribution in [0.4, 0.5) is 0 Å². The molecule has 1 heterocycles. The van der Waals surface area contributed by atoms with Gasteiger partial charge in [-0.25, -0.2) is 8.42 Å². The molecule has 0 saturated heterocycles. The molecule has 0 spiro atoms. The van der Waals surface area contributed by atoms with E-state index < -0.39 is 15.7 Å².